The summed E-state index contributed by atoms with van der Waals surface area (Å²) < 4.78 is 28.4. The molecule has 7 heteroatoms. The molecule has 0 aliphatic rings. The Bertz CT molecular complexity index is 1230. The van der Waals surface area contributed by atoms with E-state index in [0.717, 1.165) is 28.8 Å². The summed E-state index contributed by atoms with van der Waals surface area (Å²) in [4.78, 5) is 20.2. The first kappa shape index (κ1) is 24.8. The number of carbonyl (C=O) groups excluding carboxylic acids is 1. The van der Waals surface area contributed by atoms with E-state index in [4.69, 9.17) is 0 Å². The van der Waals surface area contributed by atoms with Crippen molar-refractivity contribution in [1.82, 2.24) is 15.3 Å². The molecule has 0 spiro atoms. The van der Waals surface area contributed by atoms with Crippen molar-refractivity contribution in [3.63, 3.8) is 0 Å². The van der Waals surface area contributed by atoms with Gasteiger partial charge in [-0.15, -0.1) is 0 Å². The molecule has 0 aliphatic carbocycles. The molecule has 1 heterocycles. The lowest BCUT2D eigenvalue weighted by molar-refractivity contribution is -0.105. The lowest BCUT2D eigenvalue weighted by Crippen LogP contribution is -2.23. The summed E-state index contributed by atoms with van der Waals surface area (Å²) in [7, 11) is 0. The van der Waals surface area contributed by atoms with Crippen LogP contribution in [0.2, 0.25) is 0 Å². The van der Waals surface area contributed by atoms with Gasteiger partial charge in [0.05, 0.1) is 5.69 Å². The number of halogens is 2. The molecule has 0 aliphatic heterocycles. The number of aryl methyl sites for hydroxylation is 2. The zero-order valence-electron chi connectivity index (χ0n) is 19.7. The molecule has 34 heavy (non-hydrogen) atoms. The van der Waals surface area contributed by atoms with Gasteiger partial charge in [-0.2, -0.15) is 0 Å². The van der Waals surface area contributed by atoms with Crippen LogP contribution in [0.5, 0.6) is 0 Å². The molecular formula is C27H28F2N4O. The Balaban J connectivity index is 2.18. The molecular weight excluding hydrogens is 434 g/mol. The predicted octanol–water partition coefficient (Wildman–Crippen LogP) is 6.14. The molecule has 1 aromatic heterocycles. The number of nitrogens with one attached hydrogen (secondary N) is 2. The molecule has 3 rings (SSSR count). The molecule has 5 nitrogen and oxygen atoms in total. The normalized spacial score (nSPS) is 11.9. The number of nitrogens with zero attached hydrogens (tertiary/aromatic N) is 2. The van der Waals surface area contributed by atoms with E-state index in [1.54, 1.807) is 6.92 Å². The van der Waals surface area contributed by atoms with Gasteiger partial charge in [0.15, 0.2) is 0 Å². The molecule has 0 fully saturated rings. The fourth-order valence-electron chi connectivity index (χ4n) is 3.49. The Morgan fingerprint density at radius 2 is 1.76 bits per heavy atom. The van der Waals surface area contributed by atoms with E-state index in [1.165, 1.54) is 30.4 Å². The first-order valence-corrected chi connectivity index (χ1v) is 11.0. The van der Waals surface area contributed by atoms with Gasteiger partial charge in [-0.3, -0.25) is 4.79 Å². The van der Waals surface area contributed by atoms with Crippen LogP contribution < -0.4 is 10.6 Å². The van der Waals surface area contributed by atoms with Crippen molar-refractivity contribution in [3.05, 3.63) is 82.7 Å². The Hall–Kier alpha value is -3.87. The number of aromatic nitrogens is 2. The highest BCUT2D eigenvalue weighted by molar-refractivity contribution is 5.89. The summed E-state index contributed by atoms with van der Waals surface area (Å²) in [5, 5.41) is 5.96. The second-order valence-corrected chi connectivity index (χ2v) is 8.07. The van der Waals surface area contributed by atoms with Crippen molar-refractivity contribution in [2.45, 2.75) is 40.2 Å². The van der Waals surface area contributed by atoms with E-state index in [1.807, 2.05) is 25.1 Å². The van der Waals surface area contributed by atoms with Crippen molar-refractivity contribution in [3.8, 4) is 11.3 Å². The van der Waals surface area contributed by atoms with Gasteiger partial charge in [-0.1, -0.05) is 31.7 Å². The average Bonchev–Trinajstić information content (AvgIpc) is 2.80. The quantitative estimate of drug-likeness (QED) is 0.375. The SMILES string of the molecule is C=C(NC(C)CC)c1ccc(C)c(-c2nc(C)nc(NC=O)c2/C=C\c2c(F)cccc2F)c1. The number of carbonyl (C=O) groups is 1. The van der Waals surface area contributed by atoms with E-state index >= 15 is 0 Å². The van der Waals surface area contributed by atoms with E-state index in [9.17, 15) is 13.6 Å². The first-order chi connectivity index (χ1) is 16.2. The summed E-state index contributed by atoms with van der Waals surface area (Å²) in [6.07, 6.45) is 4.29. The molecule has 0 saturated heterocycles. The lowest BCUT2D eigenvalue weighted by Gasteiger charge is -2.18. The maximum Gasteiger partial charge on any atom is 0.212 e. The maximum absolute atomic E-state index is 14.2. The molecule has 1 unspecified atom stereocenters. The van der Waals surface area contributed by atoms with Crippen LogP contribution in [0.4, 0.5) is 14.6 Å². The summed E-state index contributed by atoms with van der Waals surface area (Å²) in [6.45, 7) is 12.0. The largest absolute Gasteiger partial charge is 0.383 e. The fourth-order valence-corrected chi connectivity index (χ4v) is 3.49. The van der Waals surface area contributed by atoms with Gasteiger partial charge in [0.1, 0.15) is 23.3 Å². The van der Waals surface area contributed by atoms with Gasteiger partial charge in [-0.25, -0.2) is 18.7 Å². The average molecular weight is 463 g/mol. The third-order valence-corrected chi connectivity index (χ3v) is 5.54. The minimum Gasteiger partial charge on any atom is -0.383 e. The van der Waals surface area contributed by atoms with Crippen molar-refractivity contribution in [1.29, 1.82) is 0 Å². The monoisotopic (exact) mass is 462 g/mol. The van der Waals surface area contributed by atoms with Crippen LogP contribution in [0.3, 0.4) is 0 Å². The standard InChI is InChI=1S/C27H28F2N4O/c1-6-17(3)31-18(4)20-11-10-16(2)23(14-20)26-22(27(30-15-34)33-19(5)32-26)13-12-21-24(28)8-7-9-25(21)29/h7-15,17,31H,4,6H2,1-3,5H3,(H,30,32,33,34)/b13-12-. The lowest BCUT2D eigenvalue weighted by atomic mass is 9.97. The summed E-state index contributed by atoms with van der Waals surface area (Å²) in [5.74, 6) is -0.704. The molecule has 1 amide bonds. The smallest absolute Gasteiger partial charge is 0.212 e. The Morgan fingerprint density at radius 3 is 2.41 bits per heavy atom. The second-order valence-electron chi connectivity index (χ2n) is 8.07. The van der Waals surface area contributed by atoms with Crippen LogP contribution in [0.1, 0.15) is 48.3 Å². The molecule has 0 saturated carbocycles. The number of hydrogen-bond acceptors (Lipinski definition) is 4. The predicted molar refractivity (Wildman–Crippen MR) is 134 cm³/mol. The second kappa shape index (κ2) is 10.8. The number of benzene rings is 2. The molecule has 2 N–H and O–H groups in total. The Morgan fingerprint density at radius 1 is 1.09 bits per heavy atom. The fraction of sp³-hybridized carbons (Fsp3) is 0.222. The summed E-state index contributed by atoms with van der Waals surface area (Å²) in [5.41, 5.74) is 4.15. The van der Waals surface area contributed by atoms with E-state index < -0.39 is 11.6 Å². The zero-order chi connectivity index (χ0) is 24.8. The first-order valence-electron chi connectivity index (χ1n) is 11.0. The van der Waals surface area contributed by atoms with E-state index in [-0.39, 0.29) is 17.4 Å². The van der Waals surface area contributed by atoms with Gasteiger partial charge >= 0.3 is 0 Å². The topological polar surface area (TPSA) is 66.9 Å². The van der Waals surface area contributed by atoms with E-state index in [0.29, 0.717) is 23.5 Å². The maximum atomic E-state index is 14.2. The van der Waals surface area contributed by atoms with Gasteiger partial charge < -0.3 is 10.6 Å². The van der Waals surface area contributed by atoms with Crippen LogP contribution in [-0.2, 0) is 4.79 Å². The highest BCUT2D eigenvalue weighted by atomic mass is 19.1. The van der Waals surface area contributed by atoms with Crippen molar-refractivity contribution >= 4 is 30.1 Å². The van der Waals surface area contributed by atoms with Gasteiger partial charge in [0.2, 0.25) is 6.41 Å². The number of rotatable bonds is 9. The van der Waals surface area contributed by atoms with Crippen LogP contribution in [0.15, 0.2) is 43.0 Å². The van der Waals surface area contributed by atoms with Crippen molar-refractivity contribution in [2.75, 3.05) is 5.32 Å². The zero-order valence-corrected chi connectivity index (χ0v) is 19.7. The number of hydrogen-bond donors (Lipinski definition) is 2. The highest BCUT2D eigenvalue weighted by Crippen LogP contribution is 2.32. The third-order valence-electron chi connectivity index (χ3n) is 5.54. The van der Waals surface area contributed by atoms with Gasteiger partial charge in [0.25, 0.3) is 0 Å². The third kappa shape index (κ3) is 5.54. The molecule has 0 radical (unpaired) electrons. The molecule has 3 aromatic rings. The van der Waals surface area contributed by atoms with Gasteiger partial charge in [-0.05, 0) is 68.7 Å². The minimum atomic E-state index is -0.693. The van der Waals surface area contributed by atoms with Gasteiger partial charge in [0, 0.05) is 28.4 Å². The highest BCUT2D eigenvalue weighted by Gasteiger charge is 2.17. The van der Waals surface area contributed by atoms with Crippen LogP contribution >= 0.6 is 0 Å². The Kier molecular flexibility index (Phi) is 7.89. The summed E-state index contributed by atoms with van der Waals surface area (Å²) >= 11 is 0. The summed E-state index contributed by atoms with van der Waals surface area (Å²) in [6, 6.07) is 9.82. The number of amides is 1. The van der Waals surface area contributed by atoms with Crippen LogP contribution in [0.25, 0.3) is 29.1 Å². The van der Waals surface area contributed by atoms with Crippen LogP contribution in [-0.4, -0.2) is 22.4 Å². The molecule has 1 atom stereocenters. The van der Waals surface area contributed by atoms with Crippen molar-refractivity contribution < 1.29 is 13.6 Å². The molecule has 2 aromatic carbocycles. The molecule has 0 bridgehead atoms. The molecule has 176 valence electrons. The van der Waals surface area contributed by atoms with Crippen molar-refractivity contribution in [2.24, 2.45) is 0 Å². The van der Waals surface area contributed by atoms with E-state index in [2.05, 4.69) is 41.0 Å². The Labute approximate surface area is 198 Å². The van der Waals surface area contributed by atoms with Crippen LogP contribution in [0, 0.1) is 25.5 Å². The number of anilines is 1. The minimum absolute atomic E-state index is 0.192.